The summed E-state index contributed by atoms with van der Waals surface area (Å²) in [6.07, 6.45) is 0.658. The van der Waals surface area contributed by atoms with E-state index in [0.717, 1.165) is 0 Å². The fourth-order valence-electron chi connectivity index (χ4n) is 4.43. The molecular weight excluding hydrogens is 518 g/mol. The molecule has 0 aliphatic carbocycles. The SMILES string of the molecule is CC(=O)N1CCC(NC(=O)c2cc(NC(=O)c3cc(-c4cccc(N)n4)ccc3Cl)n(-c3ccccc3)n2)C1. The number of rotatable bonds is 6. The van der Waals surface area contributed by atoms with Gasteiger partial charge in [0.25, 0.3) is 11.8 Å². The van der Waals surface area contributed by atoms with E-state index in [1.165, 1.54) is 17.7 Å². The highest BCUT2D eigenvalue weighted by molar-refractivity contribution is 6.34. The summed E-state index contributed by atoms with van der Waals surface area (Å²) in [5, 5.41) is 10.5. The molecule has 1 unspecified atom stereocenters. The quantitative estimate of drug-likeness (QED) is 0.339. The zero-order valence-electron chi connectivity index (χ0n) is 21.1. The minimum Gasteiger partial charge on any atom is -0.384 e. The molecule has 0 saturated carbocycles. The third-order valence-corrected chi connectivity index (χ3v) is 6.76. The first kappa shape index (κ1) is 25.9. The Labute approximate surface area is 229 Å². The van der Waals surface area contributed by atoms with Gasteiger partial charge in [-0.2, -0.15) is 5.10 Å². The Kier molecular flexibility index (Phi) is 7.29. The number of nitrogens with zero attached hydrogens (tertiary/aromatic N) is 4. The summed E-state index contributed by atoms with van der Waals surface area (Å²) in [7, 11) is 0. The van der Waals surface area contributed by atoms with Crippen LogP contribution in [0.15, 0.2) is 72.8 Å². The predicted octanol–water partition coefficient (Wildman–Crippen LogP) is 3.77. The molecule has 3 heterocycles. The van der Waals surface area contributed by atoms with E-state index in [4.69, 9.17) is 17.3 Å². The molecule has 1 fully saturated rings. The van der Waals surface area contributed by atoms with E-state index in [0.29, 0.717) is 42.3 Å². The van der Waals surface area contributed by atoms with Gasteiger partial charge in [-0.3, -0.25) is 14.4 Å². The number of aromatic nitrogens is 3. The summed E-state index contributed by atoms with van der Waals surface area (Å²) < 4.78 is 1.49. The number of nitrogen functional groups attached to an aromatic ring is 1. The van der Waals surface area contributed by atoms with Gasteiger partial charge in [-0.25, -0.2) is 9.67 Å². The van der Waals surface area contributed by atoms with Crippen LogP contribution in [0.4, 0.5) is 11.6 Å². The van der Waals surface area contributed by atoms with E-state index in [1.54, 1.807) is 41.3 Å². The number of pyridine rings is 1. The predicted molar refractivity (Wildman–Crippen MR) is 149 cm³/mol. The zero-order valence-corrected chi connectivity index (χ0v) is 21.9. The van der Waals surface area contributed by atoms with Gasteiger partial charge >= 0.3 is 0 Å². The van der Waals surface area contributed by atoms with Crippen LogP contribution in [0, 0.1) is 0 Å². The Morgan fingerprint density at radius 1 is 1.00 bits per heavy atom. The molecule has 3 amide bonds. The first-order valence-corrected chi connectivity index (χ1v) is 12.7. The number of carbonyl (C=O) groups excluding carboxylic acids is 3. The summed E-state index contributed by atoms with van der Waals surface area (Å²) in [4.78, 5) is 44.1. The number of nitrogens with two attached hydrogens (primary N) is 1. The van der Waals surface area contributed by atoms with Gasteiger partial charge in [-0.1, -0.05) is 41.9 Å². The Morgan fingerprint density at radius 2 is 1.79 bits per heavy atom. The molecule has 10 nitrogen and oxygen atoms in total. The summed E-state index contributed by atoms with van der Waals surface area (Å²) >= 11 is 6.40. The number of nitrogens with one attached hydrogen (secondary N) is 2. The van der Waals surface area contributed by atoms with Gasteiger partial charge in [0, 0.05) is 37.7 Å². The van der Waals surface area contributed by atoms with Crippen molar-refractivity contribution in [2.24, 2.45) is 0 Å². The van der Waals surface area contributed by atoms with E-state index >= 15 is 0 Å². The van der Waals surface area contributed by atoms with E-state index < -0.39 is 11.8 Å². The van der Waals surface area contributed by atoms with Crippen molar-refractivity contribution in [3.63, 3.8) is 0 Å². The molecule has 0 radical (unpaired) electrons. The van der Waals surface area contributed by atoms with Crippen LogP contribution in [-0.4, -0.2) is 56.5 Å². The number of halogens is 1. The molecule has 0 spiro atoms. The molecule has 2 aromatic heterocycles. The third kappa shape index (κ3) is 5.75. The van der Waals surface area contributed by atoms with Gasteiger partial charge in [-0.05, 0) is 42.8 Å². The summed E-state index contributed by atoms with van der Waals surface area (Å²) in [6, 6.07) is 20.7. The lowest BCUT2D eigenvalue weighted by molar-refractivity contribution is -0.127. The van der Waals surface area contributed by atoms with Crippen LogP contribution in [0.5, 0.6) is 0 Å². The highest BCUT2D eigenvalue weighted by atomic mass is 35.5. The number of amides is 3. The number of anilines is 2. The molecule has 198 valence electrons. The molecule has 1 atom stereocenters. The largest absolute Gasteiger partial charge is 0.384 e. The number of likely N-dealkylation sites (tertiary alicyclic amines) is 1. The molecule has 39 heavy (non-hydrogen) atoms. The van der Waals surface area contributed by atoms with Crippen molar-refractivity contribution in [1.29, 1.82) is 0 Å². The third-order valence-electron chi connectivity index (χ3n) is 6.43. The minimum atomic E-state index is -0.484. The minimum absolute atomic E-state index is 0.0284. The van der Waals surface area contributed by atoms with Crippen molar-refractivity contribution < 1.29 is 14.4 Å². The molecule has 1 saturated heterocycles. The van der Waals surface area contributed by atoms with Crippen LogP contribution in [0.25, 0.3) is 16.9 Å². The molecule has 5 rings (SSSR count). The molecule has 1 aliphatic rings. The lowest BCUT2D eigenvalue weighted by Crippen LogP contribution is -2.38. The summed E-state index contributed by atoms with van der Waals surface area (Å²) in [5.74, 6) is -0.264. The summed E-state index contributed by atoms with van der Waals surface area (Å²) in [5.41, 5.74) is 8.09. The molecule has 4 N–H and O–H groups in total. The van der Waals surface area contributed by atoms with Gasteiger partial charge in [0.2, 0.25) is 5.91 Å². The van der Waals surface area contributed by atoms with Crippen LogP contribution in [-0.2, 0) is 4.79 Å². The second-order valence-electron chi connectivity index (χ2n) is 9.18. The average molecular weight is 544 g/mol. The number of benzene rings is 2. The number of hydrogen-bond acceptors (Lipinski definition) is 6. The first-order chi connectivity index (χ1) is 18.8. The van der Waals surface area contributed by atoms with E-state index in [-0.39, 0.29) is 34.0 Å². The fraction of sp³-hybridized carbons (Fsp3) is 0.179. The molecule has 2 aromatic carbocycles. The van der Waals surface area contributed by atoms with E-state index in [2.05, 4.69) is 20.7 Å². The van der Waals surface area contributed by atoms with Gasteiger partial charge in [0.15, 0.2) is 5.69 Å². The summed E-state index contributed by atoms with van der Waals surface area (Å²) in [6.45, 7) is 2.54. The second kappa shape index (κ2) is 11.0. The second-order valence-corrected chi connectivity index (χ2v) is 9.59. The molecule has 4 aromatic rings. The molecule has 0 bridgehead atoms. The number of carbonyl (C=O) groups is 3. The highest BCUT2D eigenvalue weighted by Crippen LogP contribution is 2.26. The first-order valence-electron chi connectivity index (χ1n) is 12.3. The van der Waals surface area contributed by atoms with Crippen LogP contribution in [0.3, 0.4) is 0 Å². The van der Waals surface area contributed by atoms with Crippen molar-refractivity contribution in [2.75, 3.05) is 24.1 Å². The molecular formula is C28H26ClN7O3. The van der Waals surface area contributed by atoms with Gasteiger partial charge in [0.1, 0.15) is 11.6 Å². The maximum absolute atomic E-state index is 13.4. The monoisotopic (exact) mass is 543 g/mol. The number of para-hydroxylation sites is 1. The fourth-order valence-corrected chi connectivity index (χ4v) is 4.63. The lowest BCUT2D eigenvalue weighted by atomic mass is 10.1. The average Bonchev–Trinajstić information content (AvgIpc) is 3.57. The van der Waals surface area contributed by atoms with Crippen molar-refractivity contribution in [2.45, 2.75) is 19.4 Å². The van der Waals surface area contributed by atoms with Crippen LogP contribution < -0.4 is 16.4 Å². The van der Waals surface area contributed by atoms with Crippen molar-refractivity contribution in [1.82, 2.24) is 25.0 Å². The van der Waals surface area contributed by atoms with Crippen LogP contribution in [0.1, 0.15) is 34.2 Å². The highest BCUT2D eigenvalue weighted by Gasteiger charge is 2.27. The van der Waals surface area contributed by atoms with Crippen molar-refractivity contribution in [3.05, 3.63) is 89.1 Å². The van der Waals surface area contributed by atoms with E-state index in [1.807, 2.05) is 30.3 Å². The normalized spacial score (nSPS) is 14.7. The van der Waals surface area contributed by atoms with Crippen LogP contribution in [0.2, 0.25) is 5.02 Å². The Hall–Kier alpha value is -4.70. The smallest absolute Gasteiger partial charge is 0.272 e. The Bertz CT molecular complexity index is 1550. The standard InChI is InChI=1S/C28H26ClN7O3/c1-17(37)35-13-12-19(16-35)31-28(39)24-15-26(36(34-24)20-6-3-2-4-7-20)33-27(38)21-14-18(10-11-22(21)29)23-8-5-9-25(30)32-23/h2-11,14-15,19H,12-13,16H2,1H3,(H2,30,32)(H,31,39)(H,33,38). The topological polar surface area (TPSA) is 135 Å². The Morgan fingerprint density at radius 3 is 2.51 bits per heavy atom. The Balaban J connectivity index is 1.42. The van der Waals surface area contributed by atoms with E-state index in [9.17, 15) is 14.4 Å². The number of hydrogen-bond donors (Lipinski definition) is 3. The lowest BCUT2D eigenvalue weighted by Gasteiger charge is -2.14. The van der Waals surface area contributed by atoms with Crippen molar-refractivity contribution in [3.8, 4) is 16.9 Å². The van der Waals surface area contributed by atoms with Gasteiger partial charge in [0.05, 0.1) is 22.0 Å². The molecule has 1 aliphatic heterocycles. The maximum Gasteiger partial charge on any atom is 0.272 e. The van der Waals surface area contributed by atoms with Gasteiger partial charge < -0.3 is 21.3 Å². The van der Waals surface area contributed by atoms with Crippen LogP contribution >= 0.6 is 11.6 Å². The van der Waals surface area contributed by atoms with Gasteiger partial charge in [-0.15, -0.1) is 0 Å². The maximum atomic E-state index is 13.4. The molecule has 11 heteroatoms. The zero-order chi connectivity index (χ0) is 27.5. The van der Waals surface area contributed by atoms with Crippen molar-refractivity contribution >= 4 is 41.0 Å².